The van der Waals surface area contributed by atoms with E-state index in [1.54, 1.807) is 19.0 Å². The first-order chi connectivity index (χ1) is 12.5. The van der Waals surface area contributed by atoms with Crippen molar-refractivity contribution in [2.75, 3.05) is 46.8 Å². The van der Waals surface area contributed by atoms with E-state index in [-0.39, 0.29) is 12.5 Å². The number of carbonyl (C=O) groups is 1. The van der Waals surface area contributed by atoms with E-state index in [2.05, 4.69) is 34.0 Å². The van der Waals surface area contributed by atoms with Crippen LogP contribution in [0.2, 0.25) is 0 Å². The van der Waals surface area contributed by atoms with Gasteiger partial charge in [-0.1, -0.05) is 13.3 Å². The Morgan fingerprint density at radius 1 is 1.19 bits per heavy atom. The summed E-state index contributed by atoms with van der Waals surface area (Å²) in [5.74, 6) is 2.91. The van der Waals surface area contributed by atoms with E-state index in [1.165, 1.54) is 25.7 Å². The fraction of sp³-hybridized carbons (Fsp3) is 0.900. The molecule has 2 bridgehead atoms. The molecule has 3 fully saturated rings. The van der Waals surface area contributed by atoms with E-state index in [0.29, 0.717) is 6.04 Å². The maximum Gasteiger partial charge on any atom is 0.243 e. The van der Waals surface area contributed by atoms with Crippen molar-refractivity contribution in [1.82, 2.24) is 20.0 Å². The summed E-state index contributed by atoms with van der Waals surface area (Å²) in [6.07, 6.45) is 6.86. The van der Waals surface area contributed by atoms with Crippen LogP contribution in [0, 0.1) is 11.8 Å². The van der Waals surface area contributed by atoms with Crippen LogP contribution in [0.3, 0.4) is 0 Å². The third-order valence-corrected chi connectivity index (χ3v) is 6.63. The minimum Gasteiger partial charge on any atom is -0.354 e. The maximum atomic E-state index is 11.9. The zero-order valence-electron chi connectivity index (χ0n) is 17.1. The number of amides is 1. The molecule has 6 heteroatoms. The monoisotopic (exact) mass is 363 g/mol. The number of likely N-dealkylation sites (N-methyl/N-ethyl adjacent to an activating group) is 1. The second-order valence-electron chi connectivity index (χ2n) is 8.65. The van der Waals surface area contributed by atoms with Crippen molar-refractivity contribution in [3.8, 4) is 0 Å². The number of nitrogens with zero attached hydrogens (tertiary/aromatic N) is 4. The lowest BCUT2D eigenvalue weighted by Crippen LogP contribution is -2.56. The molecule has 0 spiro atoms. The van der Waals surface area contributed by atoms with Crippen molar-refractivity contribution < 1.29 is 4.79 Å². The van der Waals surface area contributed by atoms with Crippen LogP contribution in [0.15, 0.2) is 4.99 Å². The van der Waals surface area contributed by atoms with E-state index >= 15 is 0 Å². The summed E-state index contributed by atoms with van der Waals surface area (Å²) < 4.78 is 0. The number of fused-ring (bicyclic) bond motifs is 2. The highest BCUT2D eigenvalue weighted by atomic mass is 16.2. The second kappa shape index (κ2) is 8.59. The van der Waals surface area contributed by atoms with Crippen LogP contribution < -0.4 is 5.32 Å². The second-order valence-corrected chi connectivity index (χ2v) is 8.65. The third kappa shape index (κ3) is 4.51. The molecule has 1 aliphatic heterocycles. The highest BCUT2D eigenvalue weighted by Crippen LogP contribution is 2.46. The number of nitrogens with one attached hydrogen (secondary N) is 1. The number of hydrogen-bond acceptors (Lipinski definition) is 3. The molecule has 4 unspecified atom stereocenters. The van der Waals surface area contributed by atoms with Crippen LogP contribution in [0.25, 0.3) is 0 Å². The SMILES string of the molecule is CCC(C)NC(=NCC(=O)N(C)C)N1CCN(C2CC3CCC2C3)CC1. The molecule has 0 radical (unpaired) electrons. The summed E-state index contributed by atoms with van der Waals surface area (Å²) >= 11 is 0. The molecule has 1 heterocycles. The molecule has 148 valence electrons. The molecule has 0 aromatic carbocycles. The van der Waals surface area contributed by atoms with Gasteiger partial charge in [-0.2, -0.15) is 0 Å². The Labute approximate surface area is 159 Å². The number of carbonyl (C=O) groups excluding carboxylic acids is 1. The van der Waals surface area contributed by atoms with Crippen molar-refractivity contribution >= 4 is 11.9 Å². The van der Waals surface area contributed by atoms with Gasteiger partial charge in [0.1, 0.15) is 6.54 Å². The number of aliphatic imine (C=N–C) groups is 1. The lowest BCUT2D eigenvalue weighted by Gasteiger charge is -2.42. The van der Waals surface area contributed by atoms with Gasteiger partial charge in [0, 0.05) is 52.4 Å². The highest BCUT2D eigenvalue weighted by Gasteiger charge is 2.42. The number of hydrogen-bond donors (Lipinski definition) is 1. The van der Waals surface area contributed by atoms with E-state index in [1.807, 2.05) is 0 Å². The van der Waals surface area contributed by atoms with Crippen molar-refractivity contribution in [1.29, 1.82) is 0 Å². The molecule has 2 saturated carbocycles. The predicted octanol–water partition coefficient (Wildman–Crippen LogP) is 1.62. The van der Waals surface area contributed by atoms with Gasteiger partial charge in [0.05, 0.1) is 0 Å². The van der Waals surface area contributed by atoms with Crippen LogP contribution in [0.5, 0.6) is 0 Å². The minimum absolute atomic E-state index is 0.0501. The van der Waals surface area contributed by atoms with Crippen LogP contribution >= 0.6 is 0 Å². The Morgan fingerprint density at radius 3 is 2.46 bits per heavy atom. The van der Waals surface area contributed by atoms with Crippen LogP contribution in [-0.4, -0.2) is 85.5 Å². The molecule has 0 aromatic heterocycles. The van der Waals surface area contributed by atoms with Gasteiger partial charge >= 0.3 is 0 Å². The van der Waals surface area contributed by atoms with E-state index < -0.39 is 0 Å². The van der Waals surface area contributed by atoms with Gasteiger partial charge in [0.2, 0.25) is 5.91 Å². The highest BCUT2D eigenvalue weighted by molar-refractivity contribution is 5.85. The Balaban J connectivity index is 1.57. The fourth-order valence-corrected chi connectivity index (χ4v) is 4.77. The number of guanidine groups is 1. The maximum absolute atomic E-state index is 11.9. The summed E-state index contributed by atoms with van der Waals surface area (Å²) in [4.78, 5) is 23.3. The van der Waals surface area contributed by atoms with Crippen molar-refractivity contribution in [3.05, 3.63) is 0 Å². The summed E-state index contributed by atoms with van der Waals surface area (Å²) in [6.45, 7) is 8.83. The number of piperazine rings is 1. The first-order valence-electron chi connectivity index (χ1n) is 10.5. The van der Waals surface area contributed by atoms with Gasteiger partial charge < -0.3 is 15.1 Å². The van der Waals surface area contributed by atoms with Crippen LogP contribution in [0.1, 0.15) is 46.0 Å². The normalized spacial score (nSPS) is 30.5. The first-order valence-corrected chi connectivity index (χ1v) is 10.5. The standard InChI is InChI=1S/C20H37N5O/c1-5-15(2)22-20(21-14-19(26)23(3)4)25-10-8-24(9-11-25)18-13-16-6-7-17(18)12-16/h15-18H,5-14H2,1-4H3,(H,21,22). The van der Waals surface area contributed by atoms with Gasteiger partial charge in [0.15, 0.2) is 5.96 Å². The molecule has 3 rings (SSSR count). The molecular formula is C20H37N5O. The molecule has 1 amide bonds. The topological polar surface area (TPSA) is 51.2 Å². The minimum atomic E-state index is 0.0501. The van der Waals surface area contributed by atoms with Crippen molar-refractivity contribution in [2.45, 2.75) is 58.0 Å². The largest absolute Gasteiger partial charge is 0.354 e. The number of rotatable bonds is 5. The van der Waals surface area contributed by atoms with Gasteiger partial charge in [-0.15, -0.1) is 0 Å². The summed E-state index contributed by atoms with van der Waals surface area (Å²) in [5.41, 5.74) is 0. The van der Waals surface area contributed by atoms with Crippen LogP contribution in [0.4, 0.5) is 0 Å². The summed E-state index contributed by atoms with van der Waals surface area (Å²) in [7, 11) is 3.57. The zero-order chi connectivity index (χ0) is 18.7. The summed E-state index contributed by atoms with van der Waals surface area (Å²) in [6, 6.07) is 1.20. The molecule has 1 saturated heterocycles. The smallest absolute Gasteiger partial charge is 0.243 e. The molecule has 2 aliphatic carbocycles. The Morgan fingerprint density at radius 2 is 1.92 bits per heavy atom. The first kappa shape index (κ1) is 19.5. The summed E-state index contributed by atoms with van der Waals surface area (Å²) in [5, 5.41) is 3.53. The molecule has 0 aromatic rings. The molecule has 3 aliphatic rings. The van der Waals surface area contributed by atoms with Gasteiger partial charge in [-0.3, -0.25) is 9.69 Å². The Hall–Kier alpha value is -1.30. The lowest BCUT2D eigenvalue weighted by atomic mass is 9.93. The van der Waals surface area contributed by atoms with Gasteiger partial charge in [-0.25, -0.2) is 4.99 Å². The molecule has 26 heavy (non-hydrogen) atoms. The third-order valence-electron chi connectivity index (χ3n) is 6.63. The average molecular weight is 364 g/mol. The Kier molecular flexibility index (Phi) is 6.43. The zero-order valence-corrected chi connectivity index (χ0v) is 17.1. The van der Waals surface area contributed by atoms with Crippen molar-refractivity contribution in [3.63, 3.8) is 0 Å². The molecule has 4 atom stereocenters. The van der Waals surface area contributed by atoms with Crippen LogP contribution in [-0.2, 0) is 4.79 Å². The lowest BCUT2D eigenvalue weighted by molar-refractivity contribution is -0.127. The van der Waals surface area contributed by atoms with Crippen molar-refractivity contribution in [2.24, 2.45) is 16.8 Å². The van der Waals surface area contributed by atoms with E-state index in [9.17, 15) is 4.79 Å². The fourth-order valence-electron chi connectivity index (χ4n) is 4.77. The van der Waals surface area contributed by atoms with E-state index in [0.717, 1.165) is 56.4 Å². The van der Waals surface area contributed by atoms with Gasteiger partial charge in [0.25, 0.3) is 0 Å². The van der Waals surface area contributed by atoms with E-state index in [4.69, 9.17) is 0 Å². The molecule has 6 nitrogen and oxygen atoms in total. The predicted molar refractivity (Wildman–Crippen MR) is 106 cm³/mol. The molecule has 1 N–H and O–H groups in total. The van der Waals surface area contributed by atoms with Gasteiger partial charge in [-0.05, 0) is 44.4 Å². The average Bonchev–Trinajstić information content (AvgIpc) is 3.28. The molecular weight excluding hydrogens is 326 g/mol. The Bertz CT molecular complexity index is 512. The quantitative estimate of drug-likeness (QED) is 0.596.